The van der Waals surface area contributed by atoms with Gasteiger partial charge in [-0.2, -0.15) is 11.8 Å². The van der Waals surface area contributed by atoms with Gasteiger partial charge in [-0.15, -0.1) is 0 Å². The number of rotatable bonds is 3. The minimum atomic E-state index is -0.687. The van der Waals surface area contributed by atoms with E-state index in [0.29, 0.717) is 12.6 Å². The molecule has 80 valence electrons. The van der Waals surface area contributed by atoms with Gasteiger partial charge in [0, 0.05) is 30.1 Å². The first-order chi connectivity index (χ1) is 6.49. The molecule has 14 heavy (non-hydrogen) atoms. The Bertz CT molecular complexity index is 255. The van der Waals surface area contributed by atoms with E-state index in [-0.39, 0.29) is 0 Å². The van der Waals surface area contributed by atoms with Crippen molar-refractivity contribution in [1.82, 2.24) is 4.90 Å². The summed E-state index contributed by atoms with van der Waals surface area (Å²) < 4.78 is 0. The van der Waals surface area contributed by atoms with Crippen molar-refractivity contribution in [3.8, 4) is 0 Å². The second-order valence-corrected chi connectivity index (χ2v) is 6.30. The molecule has 2 rings (SSSR count). The number of aliphatic carboxylic acids is 1. The number of carboxylic acids is 1. The Kier molecular flexibility index (Phi) is 2.52. The minimum absolute atomic E-state index is 0.602. The van der Waals surface area contributed by atoms with Crippen molar-refractivity contribution in [2.75, 3.05) is 18.8 Å². The van der Waals surface area contributed by atoms with Crippen molar-refractivity contribution in [3.63, 3.8) is 0 Å². The number of likely N-dealkylation sites (tertiary alicyclic amines) is 1. The number of nitrogens with zero attached hydrogens (tertiary/aromatic N) is 1. The van der Waals surface area contributed by atoms with Crippen LogP contribution < -0.4 is 0 Å². The number of thioether (sulfide) groups is 1. The Balaban J connectivity index is 1.95. The van der Waals surface area contributed by atoms with E-state index in [9.17, 15) is 4.79 Å². The molecular formula is C10H17NO2S. The SMILES string of the molecule is CC(C)(CN1CC2CC1CS2)C(=O)O. The first-order valence-corrected chi connectivity index (χ1v) is 6.13. The molecule has 2 bridgehead atoms. The van der Waals surface area contributed by atoms with E-state index in [4.69, 9.17) is 5.11 Å². The van der Waals surface area contributed by atoms with E-state index in [1.54, 1.807) is 0 Å². The maximum absolute atomic E-state index is 11.0. The molecular weight excluding hydrogens is 198 g/mol. The molecule has 2 aliphatic rings. The Morgan fingerprint density at radius 3 is 2.79 bits per heavy atom. The lowest BCUT2D eigenvalue weighted by molar-refractivity contribution is -0.148. The van der Waals surface area contributed by atoms with Gasteiger partial charge in [0.2, 0.25) is 0 Å². The second kappa shape index (κ2) is 3.42. The first kappa shape index (κ1) is 10.3. The van der Waals surface area contributed by atoms with Crippen molar-refractivity contribution in [2.24, 2.45) is 5.41 Å². The predicted molar refractivity (Wildman–Crippen MR) is 57.6 cm³/mol. The number of hydrogen-bond donors (Lipinski definition) is 1. The van der Waals surface area contributed by atoms with Crippen LogP contribution in [-0.4, -0.2) is 46.1 Å². The molecule has 0 radical (unpaired) electrons. The Labute approximate surface area is 88.9 Å². The zero-order chi connectivity index (χ0) is 10.3. The summed E-state index contributed by atoms with van der Waals surface area (Å²) >= 11 is 2.04. The van der Waals surface area contributed by atoms with E-state index < -0.39 is 11.4 Å². The Hall–Kier alpha value is -0.220. The first-order valence-electron chi connectivity index (χ1n) is 5.08. The molecule has 0 aliphatic carbocycles. The average Bonchev–Trinajstić information content (AvgIpc) is 2.63. The largest absolute Gasteiger partial charge is 0.481 e. The molecule has 2 unspecified atom stereocenters. The maximum atomic E-state index is 11.0. The zero-order valence-corrected chi connectivity index (χ0v) is 9.51. The molecule has 4 heteroatoms. The third-order valence-electron chi connectivity index (χ3n) is 3.19. The van der Waals surface area contributed by atoms with Crippen LogP contribution in [0.1, 0.15) is 20.3 Å². The van der Waals surface area contributed by atoms with E-state index in [1.807, 2.05) is 25.6 Å². The summed E-state index contributed by atoms with van der Waals surface area (Å²) in [7, 11) is 0. The summed E-state index contributed by atoms with van der Waals surface area (Å²) in [6, 6.07) is 0.642. The summed E-state index contributed by atoms with van der Waals surface area (Å²) in [5, 5.41) is 9.81. The van der Waals surface area contributed by atoms with Gasteiger partial charge in [0.25, 0.3) is 0 Å². The molecule has 0 amide bonds. The average molecular weight is 215 g/mol. The highest BCUT2D eigenvalue weighted by molar-refractivity contribution is 8.00. The van der Waals surface area contributed by atoms with Crippen LogP contribution in [0.2, 0.25) is 0 Å². The fourth-order valence-corrected chi connectivity index (χ4v) is 3.74. The Morgan fingerprint density at radius 1 is 1.64 bits per heavy atom. The van der Waals surface area contributed by atoms with Crippen LogP contribution in [0.4, 0.5) is 0 Å². The molecule has 2 atom stereocenters. The van der Waals surface area contributed by atoms with Gasteiger partial charge in [0.15, 0.2) is 0 Å². The lowest BCUT2D eigenvalue weighted by Gasteiger charge is -2.32. The smallest absolute Gasteiger partial charge is 0.310 e. The molecule has 2 aliphatic heterocycles. The van der Waals surface area contributed by atoms with E-state index in [1.165, 1.54) is 12.2 Å². The molecule has 0 aromatic carbocycles. The molecule has 2 heterocycles. The van der Waals surface area contributed by atoms with Gasteiger partial charge in [0.1, 0.15) is 0 Å². The number of carboxylic acid groups (broad SMARTS) is 1. The Morgan fingerprint density at radius 2 is 2.36 bits per heavy atom. The summed E-state index contributed by atoms with van der Waals surface area (Å²) in [6.45, 7) is 5.42. The van der Waals surface area contributed by atoms with Crippen LogP contribution in [0, 0.1) is 5.41 Å². The van der Waals surface area contributed by atoms with Crippen molar-refractivity contribution in [2.45, 2.75) is 31.6 Å². The van der Waals surface area contributed by atoms with Gasteiger partial charge in [-0.3, -0.25) is 9.69 Å². The van der Waals surface area contributed by atoms with Crippen LogP contribution in [-0.2, 0) is 4.79 Å². The van der Waals surface area contributed by atoms with Crippen LogP contribution in [0.5, 0.6) is 0 Å². The van der Waals surface area contributed by atoms with Crippen molar-refractivity contribution in [3.05, 3.63) is 0 Å². The molecule has 0 aromatic heterocycles. The molecule has 2 saturated heterocycles. The summed E-state index contributed by atoms with van der Waals surface area (Å²) in [4.78, 5) is 13.3. The second-order valence-electron chi connectivity index (χ2n) is 4.96. The van der Waals surface area contributed by atoms with Crippen molar-refractivity contribution in [1.29, 1.82) is 0 Å². The summed E-state index contributed by atoms with van der Waals surface area (Å²) in [5.41, 5.74) is -0.602. The van der Waals surface area contributed by atoms with Gasteiger partial charge in [-0.25, -0.2) is 0 Å². The quantitative estimate of drug-likeness (QED) is 0.770. The topological polar surface area (TPSA) is 40.5 Å². The van der Waals surface area contributed by atoms with E-state index in [0.717, 1.165) is 11.8 Å². The molecule has 1 N–H and O–H groups in total. The lowest BCUT2D eigenvalue weighted by atomic mass is 9.93. The molecule has 0 aromatic rings. The highest BCUT2D eigenvalue weighted by atomic mass is 32.2. The van der Waals surface area contributed by atoms with E-state index >= 15 is 0 Å². The summed E-state index contributed by atoms with van der Waals surface area (Å²) in [6.07, 6.45) is 1.26. The summed E-state index contributed by atoms with van der Waals surface area (Å²) in [5.74, 6) is 0.508. The molecule has 3 nitrogen and oxygen atoms in total. The van der Waals surface area contributed by atoms with Crippen molar-refractivity contribution >= 4 is 17.7 Å². The third kappa shape index (κ3) is 1.77. The minimum Gasteiger partial charge on any atom is -0.481 e. The van der Waals surface area contributed by atoms with Crippen LogP contribution in [0.15, 0.2) is 0 Å². The third-order valence-corrected chi connectivity index (χ3v) is 4.58. The fraction of sp³-hybridized carbons (Fsp3) is 0.900. The van der Waals surface area contributed by atoms with Crippen LogP contribution in [0.3, 0.4) is 0 Å². The van der Waals surface area contributed by atoms with Gasteiger partial charge < -0.3 is 5.11 Å². The highest BCUT2D eigenvalue weighted by Gasteiger charge is 2.42. The van der Waals surface area contributed by atoms with E-state index in [2.05, 4.69) is 4.90 Å². The molecule has 0 saturated carbocycles. The molecule has 0 spiro atoms. The standard InChI is InChI=1S/C10H17NO2S/c1-10(2,9(12)13)6-11-4-8-3-7(11)5-14-8/h7-8H,3-6H2,1-2H3,(H,12,13). The van der Waals surface area contributed by atoms with Crippen LogP contribution >= 0.6 is 11.8 Å². The van der Waals surface area contributed by atoms with Gasteiger partial charge in [-0.05, 0) is 20.3 Å². The number of carbonyl (C=O) groups is 1. The highest BCUT2D eigenvalue weighted by Crippen LogP contribution is 2.38. The van der Waals surface area contributed by atoms with Gasteiger partial charge >= 0.3 is 5.97 Å². The van der Waals surface area contributed by atoms with Gasteiger partial charge in [0.05, 0.1) is 5.41 Å². The van der Waals surface area contributed by atoms with Crippen molar-refractivity contribution < 1.29 is 9.90 Å². The number of fused-ring (bicyclic) bond motifs is 2. The predicted octanol–water partition coefficient (Wildman–Crippen LogP) is 1.29. The van der Waals surface area contributed by atoms with Gasteiger partial charge in [-0.1, -0.05) is 0 Å². The monoisotopic (exact) mass is 215 g/mol. The van der Waals surface area contributed by atoms with Crippen LogP contribution in [0.25, 0.3) is 0 Å². The number of hydrogen-bond acceptors (Lipinski definition) is 3. The molecule has 2 fully saturated rings. The fourth-order valence-electron chi connectivity index (χ4n) is 2.25. The lowest BCUT2D eigenvalue weighted by Crippen LogP contribution is -2.43. The maximum Gasteiger partial charge on any atom is 0.310 e. The normalized spacial score (nSPS) is 32.4. The zero-order valence-electron chi connectivity index (χ0n) is 8.69.